The van der Waals surface area contributed by atoms with Gasteiger partial charge in [0.15, 0.2) is 5.57 Å². The second-order valence-electron chi connectivity index (χ2n) is 5.14. The van der Waals surface area contributed by atoms with Crippen LogP contribution in [0.2, 0.25) is 0 Å². The SMILES string of the molecule is CCC(C)N(C)c1ccc(/C=C(\C#N)C(N)=C(C#N)C#N)cc1. The van der Waals surface area contributed by atoms with Crippen molar-refractivity contribution in [2.45, 2.75) is 26.3 Å². The zero-order valence-corrected chi connectivity index (χ0v) is 13.5. The van der Waals surface area contributed by atoms with Crippen molar-refractivity contribution >= 4 is 11.8 Å². The molecule has 0 aliphatic rings. The number of nitriles is 3. The second kappa shape index (κ2) is 8.27. The maximum absolute atomic E-state index is 9.19. The summed E-state index contributed by atoms with van der Waals surface area (Å²) >= 11 is 0. The molecule has 1 rings (SSSR count). The van der Waals surface area contributed by atoms with E-state index in [-0.39, 0.29) is 16.8 Å². The average Bonchev–Trinajstić information content (AvgIpc) is 2.59. The smallest absolute Gasteiger partial charge is 0.153 e. The highest BCUT2D eigenvalue weighted by Crippen LogP contribution is 2.20. The number of benzene rings is 1. The van der Waals surface area contributed by atoms with E-state index in [1.807, 2.05) is 37.4 Å². The molecule has 0 heterocycles. The standard InChI is InChI=1S/C18H19N5/c1-4-13(2)23(3)17-7-5-14(6-8-17)9-15(10-19)18(22)16(11-20)12-21/h5-9,13H,4,22H2,1-3H3/b15-9+. The summed E-state index contributed by atoms with van der Waals surface area (Å²) in [4.78, 5) is 2.18. The van der Waals surface area contributed by atoms with E-state index in [1.165, 1.54) is 0 Å². The minimum absolute atomic E-state index is 0.0988. The minimum atomic E-state index is -0.258. The Hall–Kier alpha value is -3.23. The lowest BCUT2D eigenvalue weighted by atomic mass is 10.1. The first-order chi connectivity index (χ1) is 11.0. The van der Waals surface area contributed by atoms with Crippen molar-refractivity contribution in [3.63, 3.8) is 0 Å². The van der Waals surface area contributed by atoms with Gasteiger partial charge in [0.25, 0.3) is 0 Å². The topological polar surface area (TPSA) is 101 Å². The van der Waals surface area contributed by atoms with Crippen LogP contribution in [0, 0.1) is 34.0 Å². The molecule has 0 aromatic heterocycles. The predicted octanol–water partition coefficient (Wildman–Crippen LogP) is 3.09. The Labute approximate surface area is 137 Å². The highest BCUT2D eigenvalue weighted by Gasteiger charge is 2.09. The first-order valence-electron chi connectivity index (χ1n) is 7.23. The van der Waals surface area contributed by atoms with Gasteiger partial charge in [-0.1, -0.05) is 19.1 Å². The summed E-state index contributed by atoms with van der Waals surface area (Å²) in [6, 6.07) is 13.4. The summed E-state index contributed by atoms with van der Waals surface area (Å²) < 4.78 is 0. The molecule has 0 aliphatic carbocycles. The number of hydrogen-bond donors (Lipinski definition) is 1. The van der Waals surface area contributed by atoms with Crippen molar-refractivity contribution in [3.05, 3.63) is 46.7 Å². The van der Waals surface area contributed by atoms with Gasteiger partial charge in [-0.3, -0.25) is 0 Å². The second-order valence-corrected chi connectivity index (χ2v) is 5.14. The molecule has 1 atom stereocenters. The quantitative estimate of drug-likeness (QED) is 0.665. The van der Waals surface area contributed by atoms with Crippen LogP contribution < -0.4 is 10.6 Å². The third kappa shape index (κ3) is 4.37. The van der Waals surface area contributed by atoms with Crippen LogP contribution in [0.4, 0.5) is 5.69 Å². The van der Waals surface area contributed by atoms with Gasteiger partial charge < -0.3 is 10.6 Å². The third-order valence-corrected chi connectivity index (χ3v) is 3.77. The highest BCUT2D eigenvalue weighted by molar-refractivity contribution is 5.67. The molecule has 0 amide bonds. The van der Waals surface area contributed by atoms with E-state index in [0.717, 1.165) is 17.7 Å². The highest BCUT2D eigenvalue weighted by atomic mass is 15.1. The Morgan fingerprint density at radius 3 is 2.17 bits per heavy atom. The summed E-state index contributed by atoms with van der Waals surface area (Å²) in [6.45, 7) is 4.28. The first-order valence-corrected chi connectivity index (χ1v) is 7.23. The fourth-order valence-electron chi connectivity index (χ4n) is 1.95. The lowest BCUT2D eigenvalue weighted by molar-refractivity contribution is 0.664. The van der Waals surface area contributed by atoms with Crippen molar-refractivity contribution in [2.75, 3.05) is 11.9 Å². The monoisotopic (exact) mass is 305 g/mol. The lowest BCUT2D eigenvalue weighted by Gasteiger charge is -2.26. The molecule has 23 heavy (non-hydrogen) atoms. The summed E-state index contributed by atoms with van der Waals surface area (Å²) in [7, 11) is 2.03. The van der Waals surface area contributed by atoms with Crippen LogP contribution in [-0.2, 0) is 0 Å². The molecular weight excluding hydrogens is 286 g/mol. The molecule has 5 heteroatoms. The van der Waals surface area contributed by atoms with Crippen LogP contribution in [-0.4, -0.2) is 13.1 Å². The molecule has 0 radical (unpaired) electrons. The predicted molar refractivity (Wildman–Crippen MR) is 90.6 cm³/mol. The van der Waals surface area contributed by atoms with Crippen LogP contribution in [0.15, 0.2) is 41.1 Å². The number of nitrogens with zero attached hydrogens (tertiary/aromatic N) is 4. The van der Waals surface area contributed by atoms with Gasteiger partial charge >= 0.3 is 0 Å². The summed E-state index contributed by atoms with van der Waals surface area (Å²) in [6.07, 6.45) is 2.61. The van der Waals surface area contributed by atoms with E-state index in [4.69, 9.17) is 16.3 Å². The molecule has 1 aromatic rings. The number of anilines is 1. The van der Waals surface area contributed by atoms with Crippen molar-refractivity contribution in [1.29, 1.82) is 15.8 Å². The summed E-state index contributed by atoms with van der Waals surface area (Å²) in [5, 5.41) is 26.8. The van der Waals surface area contributed by atoms with Gasteiger partial charge in [-0.15, -0.1) is 0 Å². The van der Waals surface area contributed by atoms with Crippen molar-refractivity contribution in [3.8, 4) is 18.2 Å². The van der Waals surface area contributed by atoms with E-state index in [9.17, 15) is 5.26 Å². The molecule has 0 spiro atoms. The molecule has 0 saturated carbocycles. The fraction of sp³-hybridized carbons (Fsp3) is 0.278. The van der Waals surface area contributed by atoms with Crippen LogP contribution in [0.25, 0.3) is 6.08 Å². The van der Waals surface area contributed by atoms with E-state index in [2.05, 4.69) is 18.7 Å². The van der Waals surface area contributed by atoms with Gasteiger partial charge in [0.2, 0.25) is 0 Å². The molecular formula is C18H19N5. The molecule has 1 unspecified atom stereocenters. The van der Waals surface area contributed by atoms with Gasteiger partial charge in [0.05, 0.1) is 11.3 Å². The van der Waals surface area contributed by atoms with Crippen LogP contribution in [0.3, 0.4) is 0 Å². The molecule has 0 saturated heterocycles. The van der Waals surface area contributed by atoms with E-state index in [1.54, 1.807) is 18.2 Å². The van der Waals surface area contributed by atoms with Gasteiger partial charge in [-0.2, -0.15) is 15.8 Å². The van der Waals surface area contributed by atoms with E-state index < -0.39 is 0 Å². The normalized spacial score (nSPS) is 11.6. The Morgan fingerprint density at radius 1 is 1.17 bits per heavy atom. The number of nitrogens with two attached hydrogens (primary N) is 1. The van der Waals surface area contributed by atoms with Crippen molar-refractivity contribution in [1.82, 2.24) is 0 Å². The Kier molecular flexibility index (Phi) is 6.41. The molecule has 0 bridgehead atoms. The maximum Gasteiger partial charge on any atom is 0.153 e. The van der Waals surface area contributed by atoms with E-state index >= 15 is 0 Å². The number of rotatable bonds is 5. The Morgan fingerprint density at radius 2 is 1.74 bits per heavy atom. The molecule has 2 N–H and O–H groups in total. The molecule has 5 nitrogen and oxygen atoms in total. The summed E-state index contributed by atoms with van der Waals surface area (Å²) in [5.74, 6) is 0. The lowest BCUT2D eigenvalue weighted by Crippen LogP contribution is -2.27. The fourth-order valence-corrected chi connectivity index (χ4v) is 1.95. The Balaban J connectivity index is 3.14. The van der Waals surface area contributed by atoms with Crippen molar-refractivity contribution < 1.29 is 0 Å². The molecule has 0 aliphatic heterocycles. The minimum Gasteiger partial charge on any atom is -0.396 e. The number of hydrogen-bond acceptors (Lipinski definition) is 5. The van der Waals surface area contributed by atoms with E-state index in [0.29, 0.717) is 6.04 Å². The van der Waals surface area contributed by atoms with Gasteiger partial charge in [-0.05, 0) is 37.1 Å². The zero-order valence-electron chi connectivity index (χ0n) is 13.5. The molecule has 0 fully saturated rings. The maximum atomic E-state index is 9.19. The number of allylic oxidation sites excluding steroid dienone is 2. The van der Waals surface area contributed by atoms with Crippen LogP contribution >= 0.6 is 0 Å². The van der Waals surface area contributed by atoms with Gasteiger partial charge in [0, 0.05) is 18.8 Å². The van der Waals surface area contributed by atoms with Crippen LogP contribution in [0.1, 0.15) is 25.8 Å². The first kappa shape index (κ1) is 17.8. The molecule has 1 aromatic carbocycles. The third-order valence-electron chi connectivity index (χ3n) is 3.77. The van der Waals surface area contributed by atoms with Crippen molar-refractivity contribution in [2.24, 2.45) is 5.73 Å². The van der Waals surface area contributed by atoms with Crippen LogP contribution in [0.5, 0.6) is 0 Å². The largest absolute Gasteiger partial charge is 0.396 e. The van der Waals surface area contributed by atoms with Gasteiger partial charge in [0.1, 0.15) is 18.2 Å². The Bertz CT molecular complexity index is 720. The summed E-state index contributed by atoms with van der Waals surface area (Å²) in [5.41, 5.74) is 7.31. The van der Waals surface area contributed by atoms with Gasteiger partial charge in [-0.25, -0.2) is 0 Å². The zero-order chi connectivity index (χ0) is 17.4. The average molecular weight is 305 g/mol. The molecule has 116 valence electrons.